The van der Waals surface area contributed by atoms with Crippen molar-refractivity contribution in [2.24, 2.45) is 5.73 Å². The van der Waals surface area contributed by atoms with Gasteiger partial charge in [-0.05, 0) is 18.4 Å². The van der Waals surface area contributed by atoms with E-state index < -0.39 is 12.0 Å². The standard InChI is InChI=1S/C12H17N5O2/c1-3-7-8(5-13)12(17-16-9(7)4-2)15-6-10(18)11(14)19/h10,18H,3-4,6H2,1-2H3,(H2,14,19)(H,15,17). The highest BCUT2D eigenvalue weighted by Crippen LogP contribution is 2.19. The van der Waals surface area contributed by atoms with Gasteiger partial charge in [0, 0.05) is 0 Å². The first-order valence-electron chi connectivity index (χ1n) is 6.04. The Labute approximate surface area is 111 Å². The van der Waals surface area contributed by atoms with Crippen LogP contribution in [0.2, 0.25) is 0 Å². The molecule has 1 aromatic rings. The fourth-order valence-electron chi connectivity index (χ4n) is 1.71. The van der Waals surface area contributed by atoms with Crippen molar-refractivity contribution in [3.8, 4) is 6.07 Å². The number of carbonyl (C=O) groups is 1. The van der Waals surface area contributed by atoms with Crippen LogP contribution in [0.1, 0.15) is 30.7 Å². The van der Waals surface area contributed by atoms with Gasteiger partial charge >= 0.3 is 0 Å². The van der Waals surface area contributed by atoms with Crippen LogP contribution in [0.5, 0.6) is 0 Å². The first-order chi connectivity index (χ1) is 9.04. The lowest BCUT2D eigenvalue weighted by Gasteiger charge is -2.13. The highest BCUT2D eigenvalue weighted by atomic mass is 16.3. The molecular weight excluding hydrogens is 246 g/mol. The molecule has 0 fully saturated rings. The number of nitriles is 1. The lowest BCUT2D eigenvalue weighted by Crippen LogP contribution is -2.34. The molecule has 1 heterocycles. The van der Waals surface area contributed by atoms with Crippen molar-refractivity contribution in [1.29, 1.82) is 5.26 Å². The number of aliphatic hydroxyl groups excluding tert-OH is 1. The molecule has 0 saturated heterocycles. The van der Waals surface area contributed by atoms with E-state index in [9.17, 15) is 15.2 Å². The number of carbonyl (C=O) groups excluding carboxylic acids is 1. The van der Waals surface area contributed by atoms with Gasteiger partial charge in [0.2, 0.25) is 5.91 Å². The summed E-state index contributed by atoms with van der Waals surface area (Å²) in [4.78, 5) is 10.7. The molecule has 4 N–H and O–H groups in total. The van der Waals surface area contributed by atoms with Crippen LogP contribution in [0.4, 0.5) is 5.82 Å². The third-order valence-electron chi connectivity index (χ3n) is 2.75. The predicted molar refractivity (Wildman–Crippen MR) is 69.2 cm³/mol. The second-order valence-electron chi connectivity index (χ2n) is 3.97. The third-order valence-corrected chi connectivity index (χ3v) is 2.75. The monoisotopic (exact) mass is 263 g/mol. The van der Waals surface area contributed by atoms with Crippen molar-refractivity contribution in [3.63, 3.8) is 0 Å². The molecule has 0 aromatic carbocycles. The summed E-state index contributed by atoms with van der Waals surface area (Å²) >= 11 is 0. The maximum Gasteiger partial charge on any atom is 0.248 e. The summed E-state index contributed by atoms with van der Waals surface area (Å²) < 4.78 is 0. The second-order valence-corrected chi connectivity index (χ2v) is 3.97. The molecular formula is C12H17N5O2. The normalized spacial score (nSPS) is 11.7. The van der Waals surface area contributed by atoms with Crippen molar-refractivity contribution in [3.05, 3.63) is 16.8 Å². The fraction of sp³-hybridized carbons (Fsp3) is 0.500. The number of aromatic nitrogens is 2. The zero-order valence-electron chi connectivity index (χ0n) is 11.0. The van der Waals surface area contributed by atoms with E-state index in [4.69, 9.17) is 5.73 Å². The second kappa shape index (κ2) is 6.66. The summed E-state index contributed by atoms with van der Waals surface area (Å²) in [6.07, 6.45) is 0.0215. The predicted octanol–water partition coefficient (Wildman–Crippen LogP) is -0.269. The van der Waals surface area contributed by atoms with Crippen LogP contribution in [0.25, 0.3) is 0 Å². The highest BCUT2D eigenvalue weighted by molar-refractivity contribution is 5.79. The summed E-state index contributed by atoms with van der Waals surface area (Å²) in [7, 11) is 0. The summed E-state index contributed by atoms with van der Waals surface area (Å²) in [6, 6.07) is 2.08. The van der Waals surface area contributed by atoms with Gasteiger partial charge in [0.1, 0.15) is 17.7 Å². The smallest absolute Gasteiger partial charge is 0.248 e. The molecule has 0 aliphatic carbocycles. The van der Waals surface area contributed by atoms with E-state index in [0.717, 1.165) is 11.3 Å². The van der Waals surface area contributed by atoms with Crippen molar-refractivity contribution >= 4 is 11.7 Å². The number of primary amides is 1. The maximum atomic E-state index is 10.7. The van der Waals surface area contributed by atoms with Crippen LogP contribution in [0, 0.1) is 11.3 Å². The Bertz CT molecular complexity index is 510. The van der Waals surface area contributed by atoms with Crippen molar-refractivity contribution in [2.45, 2.75) is 32.8 Å². The molecule has 0 aliphatic heterocycles. The molecule has 19 heavy (non-hydrogen) atoms. The van der Waals surface area contributed by atoms with E-state index in [0.29, 0.717) is 18.4 Å². The van der Waals surface area contributed by atoms with Crippen LogP contribution >= 0.6 is 0 Å². The lowest BCUT2D eigenvalue weighted by atomic mass is 10.0. The molecule has 0 bridgehead atoms. The summed E-state index contributed by atoms with van der Waals surface area (Å²) in [6.45, 7) is 3.76. The number of nitrogens with one attached hydrogen (secondary N) is 1. The number of rotatable bonds is 6. The SMILES string of the molecule is CCc1nnc(NCC(O)C(N)=O)c(C#N)c1CC. The first-order valence-corrected chi connectivity index (χ1v) is 6.04. The van der Waals surface area contributed by atoms with Crippen LogP contribution in [0.15, 0.2) is 0 Å². The quantitative estimate of drug-likeness (QED) is 0.648. The summed E-state index contributed by atoms with van der Waals surface area (Å²) in [5.74, 6) is -0.572. The molecule has 1 rings (SSSR count). The molecule has 0 aliphatic rings. The Balaban J connectivity index is 3.02. The van der Waals surface area contributed by atoms with Gasteiger partial charge in [-0.2, -0.15) is 10.4 Å². The van der Waals surface area contributed by atoms with Crippen molar-refractivity contribution in [1.82, 2.24) is 10.2 Å². The van der Waals surface area contributed by atoms with Crippen LogP contribution in [0.3, 0.4) is 0 Å². The Hall–Kier alpha value is -2.20. The van der Waals surface area contributed by atoms with Gasteiger partial charge in [0.25, 0.3) is 0 Å². The van der Waals surface area contributed by atoms with Crippen molar-refractivity contribution in [2.75, 3.05) is 11.9 Å². The molecule has 1 unspecified atom stereocenters. The average molecular weight is 263 g/mol. The van der Waals surface area contributed by atoms with Crippen LogP contribution in [-0.2, 0) is 17.6 Å². The molecule has 1 atom stereocenters. The number of nitrogens with zero attached hydrogens (tertiary/aromatic N) is 3. The summed E-state index contributed by atoms with van der Waals surface area (Å²) in [5.41, 5.74) is 6.94. The zero-order valence-corrected chi connectivity index (χ0v) is 11.0. The van der Waals surface area contributed by atoms with Gasteiger partial charge in [-0.15, -0.1) is 5.10 Å². The van der Waals surface area contributed by atoms with Gasteiger partial charge in [-0.1, -0.05) is 13.8 Å². The molecule has 0 spiro atoms. The third kappa shape index (κ3) is 3.39. The van der Waals surface area contributed by atoms with Gasteiger partial charge in [0.05, 0.1) is 12.2 Å². The fourth-order valence-corrected chi connectivity index (χ4v) is 1.71. The number of amides is 1. The topological polar surface area (TPSA) is 125 Å². The Kier molecular flexibility index (Phi) is 5.21. The number of hydrogen-bond acceptors (Lipinski definition) is 6. The minimum atomic E-state index is -1.33. The number of hydrogen-bond donors (Lipinski definition) is 3. The molecule has 0 saturated carbocycles. The molecule has 7 heteroatoms. The number of nitrogens with two attached hydrogens (primary N) is 1. The molecule has 0 radical (unpaired) electrons. The molecule has 7 nitrogen and oxygen atoms in total. The van der Waals surface area contributed by atoms with Gasteiger partial charge in [-0.3, -0.25) is 4.79 Å². The van der Waals surface area contributed by atoms with E-state index in [-0.39, 0.29) is 12.4 Å². The van der Waals surface area contributed by atoms with E-state index in [2.05, 4.69) is 21.6 Å². The van der Waals surface area contributed by atoms with Crippen LogP contribution in [-0.4, -0.2) is 33.9 Å². The minimum Gasteiger partial charge on any atom is -0.381 e. The number of aliphatic hydroxyl groups is 1. The zero-order chi connectivity index (χ0) is 14.4. The Morgan fingerprint density at radius 1 is 1.47 bits per heavy atom. The van der Waals surface area contributed by atoms with E-state index in [1.54, 1.807) is 0 Å². The Morgan fingerprint density at radius 2 is 2.16 bits per heavy atom. The summed E-state index contributed by atoms with van der Waals surface area (Å²) in [5, 5.41) is 29.2. The minimum absolute atomic E-state index is 0.104. The maximum absolute atomic E-state index is 10.7. The largest absolute Gasteiger partial charge is 0.381 e. The van der Waals surface area contributed by atoms with Gasteiger partial charge in [0.15, 0.2) is 5.82 Å². The average Bonchev–Trinajstić information content (AvgIpc) is 2.42. The Morgan fingerprint density at radius 3 is 2.63 bits per heavy atom. The van der Waals surface area contributed by atoms with Gasteiger partial charge in [-0.25, -0.2) is 0 Å². The molecule has 1 amide bonds. The van der Waals surface area contributed by atoms with Crippen LogP contribution < -0.4 is 11.1 Å². The molecule has 102 valence electrons. The van der Waals surface area contributed by atoms with Gasteiger partial charge < -0.3 is 16.2 Å². The van der Waals surface area contributed by atoms with E-state index in [1.165, 1.54) is 0 Å². The van der Waals surface area contributed by atoms with Crippen molar-refractivity contribution < 1.29 is 9.90 Å². The lowest BCUT2D eigenvalue weighted by molar-refractivity contribution is -0.125. The number of anilines is 1. The number of aryl methyl sites for hydroxylation is 1. The van der Waals surface area contributed by atoms with E-state index in [1.807, 2.05) is 13.8 Å². The molecule has 1 aromatic heterocycles. The van der Waals surface area contributed by atoms with E-state index >= 15 is 0 Å². The highest BCUT2D eigenvalue weighted by Gasteiger charge is 2.16. The first kappa shape index (κ1) is 14.9.